The van der Waals surface area contributed by atoms with Crippen molar-refractivity contribution in [3.8, 4) is 0 Å². The molecule has 0 aromatic heterocycles. The number of carbonyl (C=O) groups excluding carboxylic acids is 1. The van der Waals surface area contributed by atoms with E-state index in [9.17, 15) is 4.79 Å². The molecule has 0 aliphatic carbocycles. The molecule has 92 valence electrons. The van der Waals surface area contributed by atoms with Crippen LogP contribution >= 0.6 is 0 Å². The van der Waals surface area contributed by atoms with Crippen molar-refractivity contribution in [2.24, 2.45) is 0 Å². The molecule has 1 saturated heterocycles. The molecule has 1 aromatic carbocycles. The second-order valence-electron chi connectivity index (χ2n) is 4.05. The molecule has 4 heteroatoms. The molecule has 0 saturated carbocycles. The van der Waals surface area contributed by atoms with Crippen LogP contribution < -0.4 is 5.32 Å². The first-order valence-corrected chi connectivity index (χ1v) is 5.96. The Kier molecular flexibility index (Phi) is 3.98. The van der Waals surface area contributed by atoms with E-state index in [0.29, 0.717) is 13.2 Å². The Balaban J connectivity index is 2.17. The molecule has 2 rings (SSSR count). The average molecular weight is 234 g/mol. The summed E-state index contributed by atoms with van der Waals surface area (Å²) in [6, 6.07) is 7.60. The minimum atomic E-state index is 0.0838. The Bertz CT molecular complexity index is 385. The third-order valence-electron chi connectivity index (χ3n) is 2.94. The number of anilines is 1. The highest BCUT2D eigenvalue weighted by molar-refractivity contribution is 5.99. The molecule has 1 aliphatic rings. The van der Waals surface area contributed by atoms with Crippen LogP contribution in [0.25, 0.3) is 0 Å². The molecule has 0 bridgehead atoms. The number of benzene rings is 1. The third-order valence-corrected chi connectivity index (χ3v) is 2.94. The molecule has 0 atom stereocenters. The van der Waals surface area contributed by atoms with Crippen molar-refractivity contribution in [2.45, 2.75) is 6.42 Å². The van der Waals surface area contributed by atoms with Gasteiger partial charge in [-0.25, -0.2) is 0 Å². The van der Waals surface area contributed by atoms with Crippen molar-refractivity contribution in [2.75, 3.05) is 38.7 Å². The van der Waals surface area contributed by atoms with Gasteiger partial charge in [0, 0.05) is 32.4 Å². The fraction of sp³-hybridized carbons (Fsp3) is 0.462. The Morgan fingerprint density at radius 3 is 2.94 bits per heavy atom. The Morgan fingerprint density at radius 1 is 1.29 bits per heavy atom. The van der Waals surface area contributed by atoms with Crippen molar-refractivity contribution in [3.63, 3.8) is 0 Å². The molecule has 1 fully saturated rings. The van der Waals surface area contributed by atoms with E-state index in [1.165, 1.54) is 0 Å². The van der Waals surface area contributed by atoms with Crippen molar-refractivity contribution in [1.82, 2.24) is 4.90 Å². The smallest absolute Gasteiger partial charge is 0.256 e. The Morgan fingerprint density at radius 2 is 2.12 bits per heavy atom. The van der Waals surface area contributed by atoms with Crippen LogP contribution in [0.1, 0.15) is 16.8 Å². The highest BCUT2D eigenvalue weighted by atomic mass is 16.5. The lowest BCUT2D eigenvalue weighted by Crippen LogP contribution is -2.33. The van der Waals surface area contributed by atoms with E-state index < -0.39 is 0 Å². The number of nitrogens with one attached hydrogen (secondary N) is 1. The normalized spacial score (nSPS) is 16.4. The highest BCUT2D eigenvalue weighted by Gasteiger charge is 2.19. The van der Waals surface area contributed by atoms with Crippen molar-refractivity contribution in [1.29, 1.82) is 0 Å². The Labute approximate surface area is 102 Å². The summed E-state index contributed by atoms with van der Waals surface area (Å²) in [5, 5.41) is 3.05. The van der Waals surface area contributed by atoms with E-state index in [0.717, 1.165) is 30.8 Å². The Hall–Kier alpha value is -1.55. The number of amides is 1. The molecular formula is C13H18N2O2. The fourth-order valence-electron chi connectivity index (χ4n) is 2.01. The van der Waals surface area contributed by atoms with Gasteiger partial charge in [0.25, 0.3) is 5.91 Å². The number of hydrogen-bond donors (Lipinski definition) is 1. The van der Waals surface area contributed by atoms with Crippen molar-refractivity contribution >= 4 is 11.6 Å². The zero-order valence-electron chi connectivity index (χ0n) is 10.1. The number of carbonyl (C=O) groups is 1. The second-order valence-corrected chi connectivity index (χ2v) is 4.05. The van der Waals surface area contributed by atoms with Gasteiger partial charge in [-0.15, -0.1) is 0 Å². The first kappa shape index (κ1) is 11.9. The summed E-state index contributed by atoms with van der Waals surface area (Å²) in [6.07, 6.45) is 0.910. The van der Waals surface area contributed by atoms with Gasteiger partial charge in [0.2, 0.25) is 0 Å². The number of hydrogen-bond acceptors (Lipinski definition) is 3. The summed E-state index contributed by atoms with van der Waals surface area (Å²) < 4.78 is 5.36. The van der Waals surface area contributed by atoms with Crippen LogP contribution in [0.2, 0.25) is 0 Å². The monoisotopic (exact) mass is 234 g/mol. The van der Waals surface area contributed by atoms with Gasteiger partial charge in [0.05, 0.1) is 12.2 Å². The van der Waals surface area contributed by atoms with Crippen LogP contribution in [0.4, 0.5) is 5.69 Å². The van der Waals surface area contributed by atoms with Crippen LogP contribution in [0, 0.1) is 0 Å². The number of para-hydroxylation sites is 1. The predicted octanol–water partition coefficient (Wildman–Crippen LogP) is 1.59. The summed E-state index contributed by atoms with van der Waals surface area (Å²) in [5.41, 5.74) is 1.61. The lowest BCUT2D eigenvalue weighted by Gasteiger charge is -2.21. The third kappa shape index (κ3) is 2.77. The molecule has 17 heavy (non-hydrogen) atoms. The minimum Gasteiger partial charge on any atom is -0.387 e. The van der Waals surface area contributed by atoms with Gasteiger partial charge < -0.3 is 15.0 Å². The molecule has 1 N–H and O–H groups in total. The zero-order valence-corrected chi connectivity index (χ0v) is 10.1. The zero-order chi connectivity index (χ0) is 12.1. The molecule has 0 spiro atoms. The molecule has 0 radical (unpaired) electrons. The first-order chi connectivity index (χ1) is 8.33. The molecule has 1 amide bonds. The lowest BCUT2D eigenvalue weighted by atomic mass is 10.1. The maximum Gasteiger partial charge on any atom is 0.256 e. The predicted molar refractivity (Wildman–Crippen MR) is 67.3 cm³/mol. The standard InChI is InChI=1S/C13H18N2O2/c1-14-12-6-3-2-5-11(12)13(16)15-7-4-9-17-10-8-15/h2-3,5-6,14H,4,7-10H2,1H3. The molecular weight excluding hydrogens is 216 g/mol. The van der Waals surface area contributed by atoms with Crippen LogP contribution in [-0.4, -0.2) is 44.2 Å². The largest absolute Gasteiger partial charge is 0.387 e. The van der Waals surface area contributed by atoms with E-state index in [2.05, 4.69) is 5.32 Å². The number of nitrogens with zero attached hydrogens (tertiary/aromatic N) is 1. The van der Waals surface area contributed by atoms with Crippen LogP contribution in [0.5, 0.6) is 0 Å². The van der Waals surface area contributed by atoms with Gasteiger partial charge >= 0.3 is 0 Å². The first-order valence-electron chi connectivity index (χ1n) is 5.96. The van der Waals surface area contributed by atoms with E-state index >= 15 is 0 Å². The maximum atomic E-state index is 12.4. The topological polar surface area (TPSA) is 41.6 Å². The number of rotatable bonds is 2. The fourth-order valence-corrected chi connectivity index (χ4v) is 2.01. The summed E-state index contributed by atoms with van der Waals surface area (Å²) in [4.78, 5) is 14.2. The van der Waals surface area contributed by atoms with Crippen LogP contribution in [-0.2, 0) is 4.74 Å². The molecule has 4 nitrogen and oxygen atoms in total. The van der Waals surface area contributed by atoms with Crippen LogP contribution in [0.3, 0.4) is 0 Å². The molecule has 1 heterocycles. The van der Waals surface area contributed by atoms with Gasteiger partial charge in [0.1, 0.15) is 0 Å². The summed E-state index contributed by atoms with van der Waals surface area (Å²) >= 11 is 0. The summed E-state index contributed by atoms with van der Waals surface area (Å²) in [5.74, 6) is 0.0838. The summed E-state index contributed by atoms with van der Waals surface area (Å²) in [7, 11) is 1.83. The van der Waals surface area contributed by atoms with Gasteiger partial charge in [-0.3, -0.25) is 4.79 Å². The van der Waals surface area contributed by atoms with E-state index in [1.54, 1.807) is 0 Å². The minimum absolute atomic E-state index is 0.0838. The summed E-state index contributed by atoms with van der Waals surface area (Å²) in [6.45, 7) is 2.83. The molecule has 1 aliphatic heterocycles. The average Bonchev–Trinajstić information content (AvgIpc) is 2.66. The van der Waals surface area contributed by atoms with E-state index in [1.807, 2.05) is 36.2 Å². The lowest BCUT2D eigenvalue weighted by molar-refractivity contribution is 0.0742. The molecule has 0 unspecified atom stereocenters. The SMILES string of the molecule is CNc1ccccc1C(=O)N1CCCOCC1. The van der Waals surface area contributed by atoms with Crippen molar-refractivity contribution < 1.29 is 9.53 Å². The van der Waals surface area contributed by atoms with E-state index in [-0.39, 0.29) is 5.91 Å². The second kappa shape index (κ2) is 5.68. The number of ether oxygens (including phenoxy) is 1. The quantitative estimate of drug-likeness (QED) is 0.845. The van der Waals surface area contributed by atoms with Crippen molar-refractivity contribution in [3.05, 3.63) is 29.8 Å². The molecule has 1 aromatic rings. The van der Waals surface area contributed by atoms with E-state index in [4.69, 9.17) is 4.74 Å². The maximum absolute atomic E-state index is 12.4. The van der Waals surface area contributed by atoms with Crippen LogP contribution in [0.15, 0.2) is 24.3 Å². The van der Waals surface area contributed by atoms with Gasteiger partial charge in [-0.2, -0.15) is 0 Å². The van der Waals surface area contributed by atoms with Gasteiger partial charge in [0.15, 0.2) is 0 Å². The van der Waals surface area contributed by atoms with Gasteiger partial charge in [-0.05, 0) is 18.6 Å². The highest BCUT2D eigenvalue weighted by Crippen LogP contribution is 2.17. The van der Waals surface area contributed by atoms with Gasteiger partial charge in [-0.1, -0.05) is 12.1 Å².